The van der Waals surface area contributed by atoms with Gasteiger partial charge in [-0.1, -0.05) is 23.8 Å². The number of halogens is 1. The van der Waals surface area contributed by atoms with E-state index in [1.165, 1.54) is 29.5 Å². The maximum Gasteiger partial charge on any atom is 0.237 e. The minimum atomic E-state index is -0.360. The van der Waals surface area contributed by atoms with E-state index in [1.54, 1.807) is 12.1 Å². The Morgan fingerprint density at radius 1 is 1.20 bits per heavy atom. The van der Waals surface area contributed by atoms with E-state index in [0.29, 0.717) is 5.69 Å². The van der Waals surface area contributed by atoms with Crippen molar-refractivity contribution >= 4 is 23.4 Å². The minimum Gasteiger partial charge on any atom is -0.325 e. The van der Waals surface area contributed by atoms with Crippen molar-refractivity contribution in [2.75, 3.05) is 5.32 Å². The second-order valence-electron chi connectivity index (χ2n) is 4.57. The van der Waals surface area contributed by atoms with Crippen molar-refractivity contribution in [3.05, 3.63) is 59.9 Å². The van der Waals surface area contributed by atoms with Crippen LogP contribution in [0.25, 0.3) is 0 Å². The first-order valence-electron chi connectivity index (χ1n) is 6.34. The summed E-state index contributed by atoms with van der Waals surface area (Å²) in [6.45, 7) is 3.85. The van der Waals surface area contributed by atoms with Gasteiger partial charge in [-0.3, -0.25) is 4.79 Å². The van der Waals surface area contributed by atoms with Crippen LogP contribution in [0, 0.1) is 12.7 Å². The number of hydrogen-bond donors (Lipinski definition) is 1. The van der Waals surface area contributed by atoms with Crippen molar-refractivity contribution in [2.24, 2.45) is 0 Å². The fraction of sp³-hybridized carbons (Fsp3) is 0.188. The highest BCUT2D eigenvalue weighted by atomic mass is 32.2. The van der Waals surface area contributed by atoms with Gasteiger partial charge in [0.25, 0.3) is 0 Å². The second-order valence-corrected chi connectivity index (χ2v) is 5.99. The van der Waals surface area contributed by atoms with Gasteiger partial charge in [-0.15, -0.1) is 11.8 Å². The molecule has 0 radical (unpaired) electrons. The Morgan fingerprint density at radius 3 is 2.55 bits per heavy atom. The predicted octanol–water partition coefficient (Wildman–Crippen LogP) is 4.25. The SMILES string of the molecule is Cc1ccc(S[C@H](C)C(=O)Nc2cccc(F)c2)cc1. The molecule has 2 aromatic carbocycles. The largest absolute Gasteiger partial charge is 0.325 e. The molecule has 0 fully saturated rings. The molecule has 1 amide bonds. The van der Waals surface area contributed by atoms with E-state index in [1.807, 2.05) is 38.1 Å². The molecule has 0 saturated carbocycles. The van der Waals surface area contributed by atoms with Crippen LogP contribution in [0.15, 0.2) is 53.4 Å². The molecule has 1 N–H and O–H groups in total. The van der Waals surface area contributed by atoms with Crippen molar-refractivity contribution in [2.45, 2.75) is 24.0 Å². The van der Waals surface area contributed by atoms with Crippen LogP contribution in [0.2, 0.25) is 0 Å². The first kappa shape index (κ1) is 14.6. The summed E-state index contributed by atoms with van der Waals surface area (Å²) in [6, 6.07) is 13.9. The van der Waals surface area contributed by atoms with Crippen LogP contribution >= 0.6 is 11.8 Å². The molecule has 0 spiro atoms. The molecule has 0 aliphatic heterocycles. The zero-order valence-electron chi connectivity index (χ0n) is 11.4. The van der Waals surface area contributed by atoms with Gasteiger partial charge in [0.15, 0.2) is 0 Å². The first-order valence-corrected chi connectivity index (χ1v) is 7.22. The third-order valence-corrected chi connectivity index (χ3v) is 3.91. The van der Waals surface area contributed by atoms with Crippen molar-refractivity contribution in [3.63, 3.8) is 0 Å². The molecule has 0 heterocycles. The number of hydrogen-bond acceptors (Lipinski definition) is 2. The number of anilines is 1. The Bertz CT molecular complexity index is 598. The molecule has 1 atom stereocenters. The molecule has 0 saturated heterocycles. The molecule has 104 valence electrons. The van der Waals surface area contributed by atoms with Gasteiger partial charge in [-0.2, -0.15) is 0 Å². The Hall–Kier alpha value is -1.81. The molecule has 20 heavy (non-hydrogen) atoms. The third kappa shape index (κ3) is 4.10. The van der Waals surface area contributed by atoms with Crippen LogP contribution in [-0.4, -0.2) is 11.2 Å². The first-order chi connectivity index (χ1) is 9.54. The van der Waals surface area contributed by atoms with E-state index >= 15 is 0 Å². The lowest BCUT2D eigenvalue weighted by Gasteiger charge is -2.12. The summed E-state index contributed by atoms with van der Waals surface area (Å²) in [5.41, 5.74) is 1.66. The molecule has 0 bridgehead atoms. The lowest BCUT2D eigenvalue weighted by molar-refractivity contribution is -0.115. The molecule has 2 aromatic rings. The van der Waals surface area contributed by atoms with Gasteiger partial charge in [0.2, 0.25) is 5.91 Å². The van der Waals surface area contributed by atoms with Crippen molar-refractivity contribution in [3.8, 4) is 0 Å². The van der Waals surface area contributed by atoms with E-state index < -0.39 is 0 Å². The maximum absolute atomic E-state index is 13.0. The highest BCUT2D eigenvalue weighted by Crippen LogP contribution is 2.24. The maximum atomic E-state index is 13.0. The Labute approximate surface area is 122 Å². The fourth-order valence-corrected chi connectivity index (χ4v) is 2.55. The number of aryl methyl sites for hydroxylation is 1. The molecule has 2 nitrogen and oxygen atoms in total. The van der Waals surface area contributed by atoms with Gasteiger partial charge in [-0.05, 0) is 44.2 Å². The van der Waals surface area contributed by atoms with Gasteiger partial charge in [-0.25, -0.2) is 4.39 Å². The summed E-state index contributed by atoms with van der Waals surface area (Å²) in [7, 11) is 0. The molecule has 0 unspecified atom stereocenters. The summed E-state index contributed by atoms with van der Waals surface area (Å²) >= 11 is 1.48. The summed E-state index contributed by atoms with van der Waals surface area (Å²) in [4.78, 5) is 13.1. The van der Waals surface area contributed by atoms with Crippen molar-refractivity contribution in [1.82, 2.24) is 0 Å². The zero-order chi connectivity index (χ0) is 14.5. The minimum absolute atomic E-state index is 0.138. The predicted molar refractivity (Wildman–Crippen MR) is 81.5 cm³/mol. The average Bonchev–Trinajstić information content (AvgIpc) is 2.41. The second kappa shape index (κ2) is 6.57. The topological polar surface area (TPSA) is 29.1 Å². The van der Waals surface area contributed by atoms with Crippen LogP contribution in [0.1, 0.15) is 12.5 Å². The highest BCUT2D eigenvalue weighted by molar-refractivity contribution is 8.00. The summed E-state index contributed by atoms with van der Waals surface area (Å²) in [5, 5.41) is 2.47. The molecule has 4 heteroatoms. The smallest absolute Gasteiger partial charge is 0.237 e. The van der Waals surface area contributed by atoms with Gasteiger partial charge in [0.1, 0.15) is 5.82 Å². The van der Waals surface area contributed by atoms with E-state index in [-0.39, 0.29) is 17.0 Å². The van der Waals surface area contributed by atoms with Gasteiger partial charge >= 0.3 is 0 Å². The quantitative estimate of drug-likeness (QED) is 0.852. The zero-order valence-corrected chi connectivity index (χ0v) is 12.2. The van der Waals surface area contributed by atoms with Crippen LogP contribution in [0.3, 0.4) is 0 Å². The molecule has 0 aliphatic rings. The Morgan fingerprint density at radius 2 is 1.90 bits per heavy atom. The standard InChI is InChI=1S/C16H16FNOS/c1-11-6-8-15(9-7-11)20-12(2)16(19)18-14-5-3-4-13(17)10-14/h3-10,12H,1-2H3,(H,18,19)/t12-/m1/s1. The molecule has 0 aromatic heterocycles. The van der Waals surface area contributed by atoms with Crippen LogP contribution in [0.4, 0.5) is 10.1 Å². The average molecular weight is 289 g/mol. The Kier molecular flexibility index (Phi) is 4.79. The number of carbonyl (C=O) groups excluding carboxylic acids is 1. The lowest BCUT2D eigenvalue weighted by atomic mass is 10.2. The number of amides is 1. The third-order valence-electron chi connectivity index (χ3n) is 2.80. The van der Waals surface area contributed by atoms with Crippen molar-refractivity contribution < 1.29 is 9.18 Å². The van der Waals surface area contributed by atoms with Gasteiger partial charge < -0.3 is 5.32 Å². The number of rotatable bonds is 4. The monoisotopic (exact) mass is 289 g/mol. The van der Waals surface area contributed by atoms with E-state index in [4.69, 9.17) is 0 Å². The van der Waals surface area contributed by atoms with E-state index in [9.17, 15) is 9.18 Å². The number of thioether (sulfide) groups is 1. The molecular weight excluding hydrogens is 273 g/mol. The molecule has 0 aliphatic carbocycles. The summed E-state index contributed by atoms with van der Waals surface area (Å²) in [5.74, 6) is -0.497. The number of carbonyl (C=O) groups is 1. The number of nitrogens with one attached hydrogen (secondary N) is 1. The normalized spacial score (nSPS) is 11.9. The lowest BCUT2D eigenvalue weighted by Crippen LogP contribution is -2.22. The van der Waals surface area contributed by atoms with Crippen LogP contribution in [-0.2, 0) is 4.79 Å². The molecular formula is C16H16FNOS. The summed E-state index contributed by atoms with van der Waals surface area (Å²) in [6.07, 6.45) is 0. The van der Waals surface area contributed by atoms with Crippen LogP contribution in [0.5, 0.6) is 0 Å². The number of benzene rings is 2. The Balaban J connectivity index is 1.96. The van der Waals surface area contributed by atoms with Gasteiger partial charge in [0, 0.05) is 10.6 Å². The fourth-order valence-electron chi connectivity index (χ4n) is 1.68. The van der Waals surface area contributed by atoms with E-state index in [2.05, 4.69) is 5.32 Å². The van der Waals surface area contributed by atoms with Crippen LogP contribution < -0.4 is 5.32 Å². The van der Waals surface area contributed by atoms with Crippen molar-refractivity contribution in [1.29, 1.82) is 0 Å². The van der Waals surface area contributed by atoms with E-state index in [0.717, 1.165) is 4.90 Å². The molecule has 2 rings (SSSR count). The summed E-state index contributed by atoms with van der Waals surface area (Å²) < 4.78 is 13.0. The highest BCUT2D eigenvalue weighted by Gasteiger charge is 2.14. The van der Waals surface area contributed by atoms with Gasteiger partial charge in [0.05, 0.1) is 5.25 Å².